The number of hydrogen-bond donors (Lipinski definition) is 1. The molecule has 26 heavy (non-hydrogen) atoms. The Hall–Kier alpha value is -3.15. The lowest BCUT2D eigenvalue weighted by Gasteiger charge is -2.31. The third-order valence-corrected chi connectivity index (χ3v) is 5.25. The molecule has 0 atom stereocenters. The van der Waals surface area contributed by atoms with Crippen LogP contribution in [0.25, 0.3) is 16.6 Å². The first-order valence-electron chi connectivity index (χ1n) is 8.96. The molecule has 5 rings (SSSR count). The van der Waals surface area contributed by atoms with Crippen LogP contribution in [-0.4, -0.2) is 43.5 Å². The first-order chi connectivity index (χ1) is 12.8. The number of benzene rings is 1. The number of carbonyl (C=O) groups is 1. The van der Waals surface area contributed by atoms with Crippen molar-refractivity contribution in [2.75, 3.05) is 13.1 Å². The fourth-order valence-electron chi connectivity index (χ4n) is 3.84. The monoisotopic (exact) mass is 345 g/mol. The summed E-state index contributed by atoms with van der Waals surface area (Å²) in [4.78, 5) is 18.0. The van der Waals surface area contributed by atoms with E-state index in [-0.39, 0.29) is 5.91 Å². The van der Waals surface area contributed by atoms with Crippen molar-refractivity contribution < 1.29 is 4.79 Å². The standard InChI is InChI=1S/C20H19N5O/c26-20(17-13-15-5-1-2-6-16(15)21-17)24-11-8-14(9-12-24)19-23-22-18-7-3-4-10-25(18)19/h1-7,10,13-14,21H,8-9,11-12H2. The number of para-hydroxylation sites is 1. The van der Waals surface area contributed by atoms with E-state index >= 15 is 0 Å². The molecule has 0 bridgehead atoms. The lowest BCUT2D eigenvalue weighted by Crippen LogP contribution is -2.38. The van der Waals surface area contributed by atoms with Crippen LogP contribution in [0.15, 0.2) is 54.7 Å². The van der Waals surface area contributed by atoms with Crippen LogP contribution in [0.3, 0.4) is 0 Å². The molecule has 1 N–H and O–H groups in total. The Balaban J connectivity index is 1.33. The maximum Gasteiger partial charge on any atom is 0.270 e. The van der Waals surface area contributed by atoms with Crippen molar-refractivity contribution in [2.24, 2.45) is 0 Å². The van der Waals surface area contributed by atoms with Crippen molar-refractivity contribution in [1.82, 2.24) is 24.5 Å². The van der Waals surface area contributed by atoms with Gasteiger partial charge in [0.25, 0.3) is 5.91 Å². The fourth-order valence-corrected chi connectivity index (χ4v) is 3.84. The summed E-state index contributed by atoms with van der Waals surface area (Å²) in [6.45, 7) is 1.47. The van der Waals surface area contributed by atoms with E-state index in [9.17, 15) is 4.79 Å². The lowest BCUT2D eigenvalue weighted by atomic mass is 9.96. The zero-order valence-corrected chi connectivity index (χ0v) is 14.3. The van der Waals surface area contributed by atoms with Gasteiger partial charge in [-0.3, -0.25) is 9.20 Å². The van der Waals surface area contributed by atoms with E-state index in [0.29, 0.717) is 11.6 Å². The number of pyridine rings is 1. The third kappa shape index (κ3) is 2.45. The molecule has 0 radical (unpaired) electrons. The number of nitrogens with one attached hydrogen (secondary N) is 1. The average molecular weight is 345 g/mol. The van der Waals surface area contributed by atoms with Gasteiger partial charge < -0.3 is 9.88 Å². The summed E-state index contributed by atoms with van der Waals surface area (Å²) in [6, 6.07) is 15.8. The molecular weight excluding hydrogens is 326 g/mol. The van der Waals surface area contributed by atoms with Gasteiger partial charge in [-0.2, -0.15) is 0 Å². The molecule has 0 spiro atoms. The van der Waals surface area contributed by atoms with Crippen LogP contribution in [0, 0.1) is 0 Å². The van der Waals surface area contributed by atoms with E-state index in [2.05, 4.69) is 19.6 Å². The number of aromatic amines is 1. The van der Waals surface area contributed by atoms with Gasteiger partial charge in [0.05, 0.1) is 0 Å². The average Bonchev–Trinajstić information content (AvgIpc) is 3.32. The summed E-state index contributed by atoms with van der Waals surface area (Å²) < 4.78 is 2.06. The van der Waals surface area contributed by atoms with Crippen LogP contribution < -0.4 is 0 Å². The lowest BCUT2D eigenvalue weighted by molar-refractivity contribution is 0.0706. The SMILES string of the molecule is O=C(c1cc2ccccc2[nH]1)N1CCC(c2nnc3ccccn23)CC1. The molecule has 1 amide bonds. The Morgan fingerprint density at radius 3 is 2.69 bits per heavy atom. The molecule has 6 heteroatoms. The fraction of sp³-hybridized carbons (Fsp3) is 0.250. The van der Waals surface area contributed by atoms with E-state index in [4.69, 9.17) is 0 Å². The molecule has 1 aromatic carbocycles. The van der Waals surface area contributed by atoms with Crippen molar-refractivity contribution in [2.45, 2.75) is 18.8 Å². The second-order valence-electron chi connectivity index (χ2n) is 6.82. The van der Waals surface area contributed by atoms with Gasteiger partial charge in [-0.15, -0.1) is 10.2 Å². The van der Waals surface area contributed by atoms with Crippen LogP contribution in [-0.2, 0) is 0 Å². The summed E-state index contributed by atoms with van der Waals surface area (Å²) in [7, 11) is 0. The number of likely N-dealkylation sites (tertiary alicyclic amines) is 1. The number of amides is 1. The first-order valence-corrected chi connectivity index (χ1v) is 8.96. The number of aromatic nitrogens is 4. The maximum atomic E-state index is 12.8. The highest BCUT2D eigenvalue weighted by atomic mass is 16.2. The zero-order valence-electron chi connectivity index (χ0n) is 14.3. The minimum Gasteiger partial charge on any atom is -0.351 e. The third-order valence-electron chi connectivity index (χ3n) is 5.25. The number of nitrogens with zero attached hydrogens (tertiary/aromatic N) is 4. The molecule has 1 aliphatic heterocycles. The highest BCUT2D eigenvalue weighted by Gasteiger charge is 2.27. The quantitative estimate of drug-likeness (QED) is 0.606. The highest BCUT2D eigenvalue weighted by molar-refractivity contribution is 5.98. The Kier molecular flexibility index (Phi) is 3.48. The van der Waals surface area contributed by atoms with Crippen molar-refractivity contribution in [3.05, 3.63) is 66.2 Å². The van der Waals surface area contributed by atoms with Crippen LogP contribution in [0.5, 0.6) is 0 Å². The second-order valence-corrected chi connectivity index (χ2v) is 6.82. The molecule has 4 heterocycles. The summed E-state index contributed by atoms with van der Waals surface area (Å²) in [5.74, 6) is 1.41. The molecule has 1 aliphatic rings. The smallest absolute Gasteiger partial charge is 0.270 e. The van der Waals surface area contributed by atoms with Crippen molar-refractivity contribution in [3.8, 4) is 0 Å². The van der Waals surface area contributed by atoms with E-state index in [1.165, 1.54) is 0 Å². The summed E-state index contributed by atoms with van der Waals surface area (Å²) in [5.41, 5.74) is 2.54. The molecule has 0 unspecified atom stereocenters. The van der Waals surface area contributed by atoms with Crippen LogP contribution in [0.2, 0.25) is 0 Å². The molecule has 6 nitrogen and oxygen atoms in total. The molecule has 0 saturated carbocycles. The first kappa shape index (κ1) is 15.1. The van der Waals surface area contributed by atoms with Gasteiger partial charge in [0.2, 0.25) is 0 Å². The van der Waals surface area contributed by atoms with E-state index in [1.807, 2.05) is 59.6 Å². The van der Waals surface area contributed by atoms with Gasteiger partial charge in [-0.1, -0.05) is 24.3 Å². The van der Waals surface area contributed by atoms with Gasteiger partial charge in [-0.05, 0) is 37.1 Å². The summed E-state index contributed by atoms with van der Waals surface area (Å²) >= 11 is 0. The van der Waals surface area contributed by atoms with Crippen LogP contribution >= 0.6 is 0 Å². The Morgan fingerprint density at radius 1 is 1.04 bits per heavy atom. The molecule has 4 aromatic rings. The van der Waals surface area contributed by atoms with E-state index in [1.54, 1.807) is 0 Å². The molecule has 1 fully saturated rings. The predicted octanol–water partition coefficient (Wildman–Crippen LogP) is 3.23. The number of H-pyrrole nitrogens is 1. The Morgan fingerprint density at radius 2 is 1.85 bits per heavy atom. The summed E-state index contributed by atoms with van der Waals surface area (Å²) in [5, 5.41) is 9.70. The second kappa shape index (κ2) is 5.98. The highest BCUT2D eigenvalue weighted by Crippen LogP contribution is 2.28. The summed E-state index contributed by atoms with van der Waals surface area (Å²) in [6.07, 6.45) is 3.82. The topological polar surface area (TPSA) is 66.3 Å². The van der Waals surface area contributed by atoms with E-state index in [0.717, 1.165) is 48.3 Å². The normalized spacial score (nSPS) is 15.8. The Labute approximate surface area is 150 Å². The van der Waals surface area contributed by atoms with Gasteiger partial charge in [-0.25, -0.2) is 0 Å². The van der Waals surface area contributed by atoms with Gasteiger partial charge >= 0.3 is 0 Å². The maximum absolute atomic E-state index is 12.8. The van der Waals surface area contributed by atoms with Crippen molar-refractivity contribution >= 4 is 22.5 Å². The van der Waals surface area contributed by atoms with Crippen LogP contribution in [0.4, 0.5) is 0 Å². The minimum absolute atomic E-state index is 0.0748. The van der Waals surface area contributed by atoms with E-state index < -0.39 is 0 Å². The molecule has 1 saturated heterocycles. The molecule has 3 aromatic heterocycles. The molecular formula is C20H19N5O. The number of fused-ring (bicyclic) bond motifs is 2. The Bertz CT molecular complexity index is 1050. The number of piperidine rings is 1. The van der Waals surface area contributed by atoms with Crippen LogP contribution in [0.1, 0.15) is 35.1 Å². The number of carbonyl (C=O) groups excluding carboxylic acids is 1. The zero-order chi connectivity index (χ0) is 17.5. The largest absolute Gasteiger partial charge is 0.351 e. The molecule has 130 valence electrons. The molecule has 0 aliphatic carbocycles. The number of rotatable bonds is 2. The van der Waals surface area contributed by atoms with Gasteiger partial charge in [0.15, 0.2) is 5.65 Å². The van der Waals surface area contributed by atoms with Gasteiger partial charge in [0.1, 0.15) is 11.5 Å². The predicted molar refractivity (Wildman–Crippen MR) is 99.2 cm³/mol. The van der Waals surface area contributed by atoms with Gasteiger partial charge in [0, 0.05) is 36.1 Å². The van der Waals surface area contributed by atoms with Crippen molar-refractivity contribution in [1.29, 1.82) is 0 Å². The van der Waals surface area contributed by atoms with Crippen molar-refractivity contribution in [3.63, 3.8) is 0 Å². The number of hydrogen-bond acceptors (Lipinski definition) is 3. The minimum atomic E-state index is 0.0748.